The van der Waals surface area contributed by atoms with Gasteiger partial charge < -0.3 is 10.2 Å². The van der Waals surface area contributed by atoms with Crippen molar-refractivity contribution in [2.24, 2.45) is 11.7 Å². The van der Waals surface area contributed by atoms with Crippen LogP contribution in [0.5, 0.6) is 0 Å². The molecule has 0 aromatic carbocycles. The number of rotatable bonds is 5. The van der Waals surface area contributed by atoms with Crippen molar-refractivity contribution in [1.29, 1.82) is 0 Å². The lowest BCUT2D eigenvalue weighted by Gasteiger charge is -2.30. The number of nitrogens with two attached hydrogens (primary N) is 1. The van der Waals surface area contributed by atoms with Crippen molar-refractivity contribution in [1.82, 2.24) is 9.88 Å². The molecule has 4 nitrogen and oxygen atoms in total. The Labute approximate surface area is 122 Å². The molecule has 20 heavy (non-hydrogen) atoms. The van der Waals surface area contributed by atoms with Gasteiger partial charge in [-0.25, -0.2) is 4.98 Å². The second-order valence-electron chi connectivity index (χ2n) is 6.93. The van der Waals surface area contributed by atoms with Crippen molar-refractivity contribution in [3.05, 3.63) is 17.8 Å². The van der Waals surface area contributed by atoms with Gasteiger partial charge in [0.2, 0.25) is 5.89 Å². The quantitative estimate of drug-likeness (QED) is 0.900. The molecule has 0 saturated heterocycles. The van der Waals surface area contributed by atoms with Gasteiger partial charge in [0, 0.05) is 11.5 Å². The van der Waals surface area contributed by atoms with Gasteiger partial charge in [-0.05, 0) is 31.8 Å². The van der Waals surface area contributed by atoms with Crippen LogP contribution in [0.4, 0.5) is 0 Å². The summed E-state index contributed by atoms with van der Waals surface area (Å²) in [7, 11) is 0. The Morgan fingerprint density at radius 2 is 2.15 bits per heavy atom. The maximum Gasteiger partial charge on any atom is 0.208 e. The summed E-state index contributed by atoms with van der Waals surface area (Å²) in [6.45, 7) is 11.3. The van der Waals surface area contributed by atoms with Crippen LogP contribution in [0.2, 0.25) is 0 Å². The fraction of sp³-hybridized carbons (Fsp3) is 0.812. The van der Waals surface area contributed by atoms with E-state index in [-0.39, 0.29) is 5.41 Å². The predicted molar refractivity (Wildman–Crippen MR) is 81.5 cm³/mol. The number of hydrogen-bond acceptors (Lipinski definition) is 4. The smallest absolute Gasteiger partial charge is 0.208 e. The first-order valence-electron chi connectivity index (χ1n) is 7.85. The molecule has 2 N–H and O–H groups in total. The van der Waals surface area contributed by atoms with Crippen molar-refractivity contribution in [2.75, 3.05) is 13.1 Å². The highest BCUT2D eigenvalue weighted by Crippen LogP contribution is 2.30. The van der Waals surface area contributed by atoms with Gasteiger partial charge in [0.15, 0.2) is 0 Å². The lowest BCUT2D eigenvalue weighted by molar-refractivity contribution is 0.146. The summed E-state index contributed by atoms with van der Waals surface area (Å²) in [4.78, 5) is 6.93. The molecule has 1 saturated carbocycles. The molecule has 0 aliphatic heterocycles. The van der Waals surface area contributed by atoms with Crippen LogP contribution < -0.4 is 5.73 Å². The third-order valence-electron chi connectivity index (χ3n) is 4.43. The van der Waals surface area contributed by atoms with Crippen LogP contribution in [0.15, 0.2) is 10.6 Å². The largest absolute Gasteiger partial charge is 0.444 e. The monoisotopic (exact) mass is 279 g/mol. The van der Waals surface area contributed by atoms with Crippen LogP contribution in [0.3, 0.4) is 0 Å². The average Bonchev–Trinajstić information content (AvgIpc) is 3.03. The van der Waals surface area contributed by atoms with Crippen LogP contribution in [0.1, 0.15) is 58.6 Å². The van der Waals surface area contributed by atoms with E-state index in [1.54, 1.807) is 0 Å². The fourth-order valence-corrected chi connectivity index (χ4v) is 3.14. The Bertz CT molecular complexity index is 422. The van der Waals surface area contributed by atoms with Gasteiger partial charge in [-0.3, -0.25) is 4.90 Å². The van der Waals surface area contributed by atoms with Crippen molar-refractivity contribution in [2.45, 2.75) is 65.0 Å². The zero-order valence-corrected chi connectivity index (χ0v) is 13.4. The minimum atomic E-state index is 0.0233. The lowest BCUT2D eigenvalue weighted by Crippen LogP contribution is -2.39. The average molecular weight is 279 g/mol. The van der Waals surface area contributed by atoms with Crippen LogP contribution >= 0.6 is 0 Å². The Morgan fingerprint density at radius 3 is 2.70 bits per heavy atom. The zero-order valence-electron chi connectivity index (χ0n) is 13.4. The summed E-state index contributed by atoms with van der Waals surface area (Å²) < 4.78 is 5.92. The first kappa shape index (κ1) is 15.5. The minimum absolute atomic E-state index is 0.0233. The van der Waals surface area contributed by atoms with Crippen molar-refractivity contribution < 1.29 is 4.42 Å². The minimum Gasteiger partial charge on any atom is -0.444 e. The van der Waals surface area contributed by atoms with E-state index in [9.17, 15) is 0 Å². The first-order valence-corrected chi connectivity index (χ1v) is 7.85. The van der Waals surface area contributed by atoms with Gasteiger partial charge in [-0.1, -0.05) is 34.1 Å². The molecule has 0 amide bonds. The van der Waals surface area contributed by atoms with Crippen molar-refractivity contribution in [3.8, 4) is 0 Å². The Kier molecular flexibility index (Phi) is 4.86. The normalized spacial score (nSPS) is 23.7. The van der Waals surface area contributed by atoms with Gasteiger partial charge in [0.25, 0.3) is 0 Å². The molecule has 4 heteroatoms. The molecule has 0 bridgehead atoms. The molecule has 1 aliphatic carbocycles. The summed E-state index contributed by atoms with van der Waals surface area (Å²) in [6, 6.07) is 0.593. The van der Waals surface area contributed by atoms with Crippen LogP contribution in [0, 0.1) is 5.92 Å². The molecule has 1 aromatic rings. The molecule has 114 valence electrons. The highest BCUT2D eigenvalue weighted by Gasteiger charge is 2.31. The Morgan fingerprint density at radius 1 is 1.40 bits per heavy atom. The predicted octanol–water partition coefficient (Wildman–Crippen LogP) is 2.92. The highest BCUT2D eigenvalue weighted by molar-refractivity contribution is 5.06. The van der Waals surface area contributed by atoms with Crippen molar-refractivity contribution in [3.63, 3.8) is 0 Å². The second kappa shape index (κ2) is 6.27. The number of aromatic nitrogens is 1. The molecule has 1 aromatic heterocycles. The summed E-state index contributed by atoms with van der Waals surface area (Å²) >= 11 is 0. The third-order valence-corrected chi connectivity index (χ3v) is 4.43. The van der Waals surface area contributed by atoms with E-state index in [2.05, 4.69) is 37.6 Å². The molecular weight excluding hydrogens is 250 g/mol. The Balaban J connectivity index is 2.05. The molecule has 0 radical (unpaired) electrons. The molecule has 2 unspecified atom stereocenters. The topological polar surface area (TPSA) is 55.3 Å². The summed E-state index contributed by atoms with van der Waals surface area (Å²) in [5.41, 5.74) is 5.93. The summed E-state index contributed by atoms with van der Waals surface area (Å²) in [5, 5.41) is 0. The standard InChI is InChI=1S/C16H29N3O/c1-5-19(13-8-6-7-12(13)9-17)11-15-18-10-14(20-15)16(2,3)4/h10,12-13H,5-9,11,17H2,1-4H3. The zero-order chi connectivity index (χ0) is 14.8. The van der Waals surface area contributed by atoms with E-state index in [1.165, 1.54) is 19.3 Å². The number of hydrogen-bond donors (Lipinski definition) is 1. The van der Waals surface area contributed by atoms with Gasteiger partial charge in [-0.15, -0.1) is 0 Å². The van der Waals surface area contributed by atoms with Crippen LogP contribution in [0.25, 0.3) is 0 Å². The second-order valence-corrected chi connectivity index (χ2v) is 6.93. The van der Waals surface area contributed by atoms with Crippen molar-refractivity contribution >= 4 is 0 Å². The van der Waals surface area contributed by atoms with Gasteiger partial charge >= 0.3 is 0 Å². The molecule has 1 fully saturated rings. The molecule has 0 spiro atoms. The number of oxazole rings is 1. The summed E-state index contributed by atoms with van der Waals surface area (Å²) in [5.74, 6) is 2.43. The molecule has 2 atom stereocenters. The lowest BCUT2D eigenvalue weighted by atomic mass is 9.94. The van der Waals surface area contributed by atoms with E-state index in [4.69, 9.17) is 10.2 Å². The first-order chi connectivity index (χ1) is 9.45. The summed E-state index contributed by atoms with van der Waals surface area (Å²) in [6.07, 6.45) is 5.68. The van der Waals surface area contributed by atoms with E-state index in [1.807, 2.05) is 6.20 Å². The number of nitrogens with zero attached hydrogens (tertiary/aromatic N) is 2. The molecule has 2 rings (SSSR count). The molecule has 1 aliphatic rings. The Hall–Kier alpha value is -0.870. The maximum atomic E-state index is 5.92. The van der Waals surface area contributed by atoms with Gasteiger partial charge in [-0.2, -0.15) is 0 Å². The SMILES string of the molecule is CCN(Cc1ncc(C(C)(C)C)o1)C1CCCC1CN. The van der Waals surface area contributed by atoms with E-state index in [0.29, 0.717) is 12.0 Å². The third kappa shape index (κ3) is 3.41. The van der Waals surface area contributed by atoms with Gasteiger partial charge in [0.05, 0.1) is 12.7 Å². The van der Waals surface area contributed by atoms with Gasteiger partial charge in [0.1, 0.15) is 5.76 Å². The van der Waals surface area contributed by atoms with E-state index in [0.717, 1.165) is 31.3 Å². The molecule has 1 heterocycles. The highest BCUT2D eigenvalue weighted by atomic mass is 16.4. The van der Waals surface area contributed by atoms with E-state index >= 15 is 0 Å². The fourth-order valence-electron chi connectivity index (χ4n) is 3.14. The molecular formula is C16H29N3O. The van der Waals surface area contributed by atoms with E-state index < -0.39 is 0 Å². The van der Waals surface area contributed by atoms with Crippen LogP contribution in [-0.4, -0.2) is 29.0 Å². The maximum absolute atomic E-state index is 5.92. The van der Waals surface area contributed by atoms with Crippen LogP contribution in [-0.2, 0) is 12.0 Å².